The maximum Gasteiger partial charge on any atom is 0.133 e. The van der Waals surface area contributed by atoms with Gasteiger partial charge in [0.15, 0.2) is 0 Å². The van der Waals surface area contributed by atoms with Gasteiger partial charge >= 0.3 is 0 Å². The number of aliphatic hydroxyl groups is 1. The molecule has 2 heteroatoms. The predicted octanol–water partition coefficient (Wildman–Crippen LogP) is 4.60. The van der Waals surface area contributed by atoms with Gasteiger partial charge in [-0.1, -0.05) is 13.8 Å². The number of hydrogen-bond acceptors (Lipinski definition) is 2. The molecule has 2 nitrogen and oxygen atoms in total. The summed E-state index contributed by atoms with van der Waals surface area (Å²) < 4.78 is 9.16. The van der Waals surface area contributed by atoms with Crippen LogP contribution < -0.4 is 0 Å². The Bertz CT molecular complexity index is 548. The highest BCUT2D eigenvalue weighted by Gasteiger charge is 2.60. The lowest BCUT2D eigenvalue weighted by molar-refractivity contribution is -0.138. The molecule has 0 saturated heterocycles. The SMILES string of the molecule is [2H][C@@]12CC[C@H]3[C@@H]4CC[C@H](C(C)=O)[C@@]4(C)CC[C@@H]3[C@@]1(C)CC[C@H](O)C2. The fourth-order valence-electron chi connectivity index (χ4n) is 7.59. The number of aliphatic hydroxyl groups excluding tert-OH is 1. The number of carbonyl (C=O) groups is 1. The van der Waals surface area contributed by atoms with Crippen molar-refractivity contribution >= 4 is 5.78 Å². The third kappa shape index (κ3) is 2.19. The molecular formula is C21H34O2. The molecule has 0 amide bonds. The Hall–Kier alpha value is -0.370. The number of hydrogen-bond donors (Lipinski definition) is 1. The van der Waals surface area contributed by atoms with Crippen LogP contribution in [0.4, 0.5) is 0 Å². The maximum atomic E-state index is 12.2. The largest absolute Gasteiger partial charge is 0.393 e. The number of rotatable bonds is 1. The van der Waals surface area contributed by atoms with Crippen LogP contribution in [0.2, 0.25) is 0 Å². The van der Waals surface area contributed by atoms with Crippen molar-refractivity contribution in [3.63, 3.8) is 0 Å². The van der Waals surface area contributed by atoms with Crippen LogP contribution in [-0.2, 0) is 4.79 Å². The Morgan fingerprint density at radius 3 is 2.43 bits per heavy atom. The Morgan fingerprint density at radius 2 is 1.70 bits per heavy atom. The Kier molecular flexibility index (Phi) is 3.45. The Labute approximate surface area is 142 Å². The average molecular weight is 320 g/mol. The first-order chi connectivity index (χ1) is 11.2. The van der Waals surface area contributed by atoms with E-state index in [1.165, 1.54) is 12.8 Å². The van der Waals surface area contributed by atoms with Gasteiger partial charge in [0.05, 0.1) is 6.10 Å². The van der Waals surface area contributed by atoms with Gasteiger partial charge in [-0.25, -0.2) is 0 Å². The summed E-state index contributed by atoms with van der Waals surface area (Å²) in [5, 5.41) is 10.2. The van der Waals surface area contributed by atoms with E-state index in [0.29, 0.717) is 30.0 Å². The Morgan fingerprint density at radius 1 is 1.00 bits per heavy atom. The molecule has 0 heterocycles. The van der Waals surface area contributed by atoms with Gasteiger partial charge in [-0.3, -0.25) is 4.79 Å². The smallest absolute Gasteiger partial charge is 0.133 e. The summed E-state index contributed by atoms with van der Waals surface area (Å²) in [6, 6.07) is 0. The van der Waals surface area contributed by atoms with Crippen LogP contribution in [0.5, 0.6) is 0 Å². The number of carbonyl (C=O) groups excluding carboxylic acids is 1. The van der Waals surface area contributed by atoms with E-state index in [1.807, 2.05) is 0 Å². The highest BCUT2D eigenvalue weighted by Crippen LogP contribution is 2.67. The molecule has 0 spiro atoms. The van der Waals surface area contributed by atoms with Crippen molar-refractivity contribution in [2.24, 2.45) is 40.4 Å². The normalized spacial score (nSPS) is 59.5. The third-order valence-electron chi connectivity index (χ3n) is 8.81. The lowest BCUT2D eigenvalue weighted by Gasteiger charge is -2.60. The molecule has 1 N–H and O–H groups in total. The minimum Gasteiger partial charge on any atom is -0.393 e. The van der Waals surface area contributed by atoms with Crippen LogP contribution >= 0.6 is 0 Å². The van der Waals surface area contributed by atoms with Crippen LogP contribution in [0.1, 0.15) is 79.9 Å². The van der Waals surface area contributed by atoms with Crippen molar-refractivity contribution in [2.45, 2.75) is 84.7 Å². The van der Waals surface area contributed by atoms with Gasteiger partial charge in [0.1, 0.15) is 5.78 Å². The monoisotopic (exact) mass is 319 g/mol. The zero-order valence-corrected chi connectivity index (χ0v) is 15.1. The van der Waals surface area contributed by atoms with E-state index in [9.17, 15) is 9.90 Å². The van der Waals surface area contributed by atoms with E-state index in [1.54, 1.807) is 6.92 Å². The number of ketones is 1. The molecule has 23 heavy (non-hydrogen) atoms. The van der Waals surface area contributed by atoms with E-state index >= 15 is 0 Å². The van der Waals surface area contributed by atoms with Crippen molar-refractivity contribution in [1.29, 1.82) is 0 Å². The van der Waals surface area contributed by atoms with Crippen LogP contribution in [0.15, 0.2) is 0 Å². The summed E-state index contributed by atoms with van der Waals surface area (Å²) in [7, 11) is 0. The molecule has 8 atom stereocenters. The Balaban J connectivity index is 1.65. The molecule has 130 valence electrons. The topological polar surface area (TPSA) is 37.3 Å². The summed E-state index contributed by atoms with van der Waals surface area (Å²) in [5.41, 5.74) is 0.268. The maximum absolute atomic E-state index is 12.2. The third-order valence-corrected chi connectivity index (χ3v) is 8.81. The summed E-state index contributed by atoms with van der Waals surface area (Å²) >= 11 is 0. The quantitative estimate of drug-likeness (QED) is 0.767. The molecule has 4 saturated carbocycles. The van der Waals surface area contributed by atoms with Gasteiger partial charge in [0.25, 0.3) is 0 Å². The lowest BCUT2D eigenvalue weighted by atomic mass is 9.44. The van der Waals surface area contributed by atoms with Gasteiger partial charge in [-0.2, -0.15) is 0 Å². The molecular weight excluding hydrogens is 284 g/mol. The molecule has 4 rings (SSSR count). The molecule has 4 aliphatic rings. The number of Topliss-reactive ketones (excluding diaryl/α,β-unsaturated/α-hetero) is 1. The van der Waals surface area contributed by atoms with Crippen LogP contribution in [0, 0.1) is 40.4 Å². The molecule has 0 radical (unpaired) electrons. The van der Waals surface area contributed by atoms with Gasteiger partial charge < -0.3 is 5.11 Å². The van der Waals surface area contributed by atoms with Crippen LogP contribution in [0.3, 0.4) is 0 Å². The second-order valence-electron chi connectivity index (χ2n) is 9.62. The standard InChI is InChI=1S/C21H34O2/c1-13(22)17-6-7-18-16-5-4-14-12-15(23)8-10-20(14,2)19(16)9-11-21(17,18)3/h14-19,23H,4-12H2,1-3H3/t14-,15-,16-,17+,18-,19-,20-,21+/m0/s1/i14D. The van der Waals surface area contributed by atoms with Gasteiger partial charge in [-0.15, -0.1) is 0 Å². The minimum absolute atomic E-state index is 0.0603. The minimum atomic E-state index is -0.432. The summed E-state index contributed by atoms with van der Waals surface area (Å²) in [6.07, 6.45) is 9.02. The highest BCUT2D eigenvalue weighted by molar-refractivity contribution is 5.79. The first kappa shape index (κ1) is 14.9. The highest BCUT2D eigenvalue weighted by atomic mass is 16.3. The molecule has 4 aliphatic carbocycles. The van der Waals surface area contributed by atoms with Gasteiger partial charge in [-0.05, 0) is 99.2 Å². The van der Waals surface area contributed by atoms with Crippen molar-refractivity contribution in [3.05, 3.63) is 0 Å². The first-order valence-corrected chi connectivity index (χ1v) is 9.90. The van der Waals surface area contributed by atoms with E-state index < -0.39 is 5.89 Å². The zero-order valence-electron chi connectivity index (χ0n) is 16.1. The average Bonchev–Trinajstić information content (AvgIpc) is 2.86. The second kappa shape index (κ2) is 5.31. The van der Waals surface area contributed by atoms with E-state index in [-0.39, 0.29) is 22.9 Å². The molecule has 0 aromatic rings. The fourth-order valence-corrected chi connectivity index (χ4v) is 7.59. The molecule has 4 fully saturated rings. The van der Waals surface area contributed by atoms with Crippen molar-refractivity contribution < 1.29 is 11.3 Å². The van der Waals surface area contributed by atoms with E-state index in [2.05, 4.69) is 13.8 Å². The molecule has 0 aliphatic heterocycles. The second-order valence-corrected chi connectivity index (χ2v) is 9.62. The summed E-state index contributed by atoms with van der Waals surface area (Å²) in [4.78, 5) is 12.2. The predicted molar refractivity (Wildman–Crippen MR) is 91.9 cm³/mol. The van der Waals surface area contributed by atoms with E-state index in [4.69, 9.17) is 1.37 Å². The molecule has 0 unspecified atom stereocenters. The van der Waals surface area contributed by atoms with Gasteiger partial charge in [0.2, 0.25) is 0 Å². The summed E-state index contributed by atoms with van der Waals surface area (Å²) in [5.74, 6) is 2.24. The molecule has 0 aromatic carbocycles. The first-order valence-electron chi connectivity index (χ1n) is 10.4. The molecule has 0 bridgehead atoms. The lowest BCUT2D eigenvalue weighted by Crippen LogP contribution is -2.54. The van der Waals surface area contributed by atoms with Crippen LogP contribution in [-0.4, -0.2) is 17.0 Å². The van der Waals surface area contributed by atoms with E-state index in [0.717, 1.165) is 38.5 Å². The van der Waals surface area contributed by atoms with Crippen molar-refractivity contribution in [1.82, 2.24) is 0 Å². The molecule has 0 aromatic heterocycles. The summed E-state index contributed by atoms with van der Waals surface area (Å²) in [6.45, 7) is 6.55. The van der Waals surface area contributed by atoms with Crippen LogP contribution in [0.25, 0.3) is 0 Å². The fraction of sp³-hybridized carbons (Fsp3) is 0.952. The van der Waals surface area contributed by atoms with Gasteiger partial charge in [0, 0.05) is 7.29 Å². The van der Waals surface area contributed by atoms with Crippen molar-refractivity contribution in [3.8, 4) is 0 Å². The number of fused-ring (bicyclic) bond motifs is 5. The van der Waals surface area contributed by atoms with Crippen molar-refractivity contribution in [2.75, 3.05) is 0 Å². The zero-order chi connectivity index (χ0) is 17.3.